The van der Waals surface area contributed by atoms with E-state index in [-0.39, 0.29) is 10.9 Å². The van der Waals surface area contributed by atoms with Crippen molar-refractivity contribution in [2.75, 3.05) is 13.2 Å². The number of halogens is 2. The predicted octanol–water partition coefficient (Wildman–Crippen LogP) is 3.83. The highest BCUT2D eigenvalue weighted by Crippen LogP contribution is 2.41. The first-order valence-corrected chi connectivity index (χ1v) is 11.2. The molecule has 7 heteroatoms. The third-order valence-electron chi connectivity index (χ3n) is 3.04. The standard InChI is InChI=1S/C12H14F2O2S2Si/c1-19(2,3)10-9-7(18-11(10)14)6(13)8(17-9)12-15-4-5-16-12/h12H,4-5H2,1-3H3. The average molecular weight is 320 g/mol. The summed E-state index contributed by atoms with van der Waals surface area (Å²) in [6.45, 7) is 7.15. The highest BCUT2D eigenvalue weighted by Gasteiger charge is 2.33. The Kier molecular flexibility index (Phi) is 3.30. The van der Waals surface area contributed by atoms with Crippen LogP contribution in [0.2, 0.25) is 19.6 Å². The monoisotopic (exact) mass is 320 g/mol. The number of fused-ring (bicyclic) bond motifs is 1. The number of rotatable bonds is 2. The van der Waals surface area contributed by atoms with Crippen LogP contribution in [0.5, 0.6) is 0 Å². The van der Waals surface area contributed by atoms with Crippen LogP contribution in [0.4, 0.5) is 8.78 Å². The fourth-order valence-corrected chi connectivity index (χ4v) is 8.00. The van der Waals surface area contributed by atoms with E-state index in [1.807, 2.05) is 0 Å². The molecule has 0 aliphatic carbocycles. The highest BCUT2D eigenvalue weighted by molar-refractivity contribution is 7.30. The van der Waals surface area contributed by atoms with Crippen molar-refractivity contribution in [3.8, 4) is 0 Å². The van der Waals surface area contributed by atoms with Gasteiger partial charge in [-0.2, -0.15) is 4.39 Å². The van der Waals surface area contributed by atoms with E-state index >= 15 is 0 Å². The van der Waals surface area contributed by atoms with E-state index in [4.69, 9.17) is 9.47 Å². The van der Waals surface area contributed by atoms with E-state index < -0.39 is 14.4 Å². The van der Waals surface area contributed by atoms with E-state index in [0.717, 1.165) is 21.2 Å². The second kappa shape index (κ2) is 4.59. The first kappa shape index (κ1) is 13.6. The molecule has 0 amide bonds. The van der Waals surface area contributed by atoms with Crippen LogP contribution < -0.4 is 5.19 Å². The van der Waals surface area contributed by atoms with Gasteiger partial charge in [-0.3, -0.25) is 0 Å². The molecule has 3 heterocycles. The van der Waals surface area contributed by atoms with Crippen LogP contribution >= 0.6 is 22.7 Å². The van der Waals surface area contributed by atoms with Gasteiger partial charge >= 0.3 is 0 Å². The largest absolute Gasteiger partial charge is 0.345 e. The van der Waals surface area contributed by atoms with Gasteiger partial charge in [-0.1, -0.05) is 19.6 Å². The zero-order valence-electron chi connectivity index (χ0n) is 10.9. The first-order valence-electron chi connectivity index (χ1n) is 6.03. The van der Waals surface area contributed by atoms with Gasteiger partial charge in [0.05, 0.1) is 35.6 Å². The van der Waals surface area contributed by atoms with Gasteiger partial charge in [-0.05, 0) is 0 Å². The second-order valence-electron chi connectivity index (χ2n) is 5.51. The maximum atomic E-state index is 14.4. The van der Waals surface area contributed by atoms with Crippen molar-refractivity contribution in [2.45, 2.75) is 25.9 Å². The van der Waals surface area contributed by atoms with Crippen LogP contribution in [0.3, 0.4) is 0 Å². The van der Waals surface area contributed by atoms with E-state index in [0.29, 0.717) is 22.8 Å². The molecule has 104 valence electrons. The van der Waals surface area contributed by atoms with Gasteiger partial charge in [0.25, 0.3) is 0 Å². The number of thiophene rings is 2. The predicted molar refractivity (Wildman–Crippen MR) is 77.2 cm³/mol. The van der Waals surface area contributed by atoms with Crippen molar-refractivity contribution in [3.05, 3.63) is 15.8 Å². The van der Waals surface area contributed by atoms with Gasteiger partial charge in [0, 0.05) is 5.19 Å². The van der Waals surface area contributed by atoms with Crippen LogP contribution in [-0.4, -0.2) is 21.3 Å². The summed E-state index contributed by atoms with van der Waals surface area (Å²) in [4.78, 5) is 0.443. The van der Waals surface area contributed by atoms with Gasteiger partial charge < -0.3 is 9.47 Å². The van der Waals surface area contributed by atoms with Gasteiger partial charge in [0.15, 0.2) is 17.2 Å². The Morgan fingerprint density at radius 2 is 1.68 bits per heavy atom. The molecule has 2 nitrogen and oxygen atoms in total. The minimum Gasteiger partial charge on any atom is -0.345 e. The zero-order valence-corrected chi connectivity index (χ0v) is 13.5. The molecule has 2 aromatic heterocycles. The third kappa shape index (κ3) is 2.17. The van der Waals surface area contributed by atoms with Crippen molar-refractivity contribution in [3.63, 3.8) is 0 Å². The Morgan fingerprint density at radius 3 is 2.26 bits per heavy atom. The summed E-state index contributed by atoms with van der Waals surface area (Å²) >= 11 is 2.18. The molecule has 19 heavy (non-hydrogen) atoms. The van der Waals surface area contributed by atoms with Crippen molar-refractivity contribution >= 4 is 45.3 Å². The molecule has 3 rings (SSSR count). The number of hydrogen-bond acceptors (Lipinski definition) is 4. The molecule has 2 aromatic rings. The van der Waals surface area contributed by atoms with E-state index in [1.54, 1.807) is 0 Å². The molecule has 0 aromatic carbocycles. The van der Waals surface area contributed by atoms with Crippen LogP contribution in [0, 0.1) is 10.9 Å². The maximum absolute atomic E-state index is 14.4. The summed E-state index contributed by atoms with van der Waals surface area (Å²) in [5.41, 5.74) is 0. The maximum Gasteiger partial charge on any atom is 0.196 e. The molecule has 1 saturated heterocycles. The molecule has 0 radical (unpaired) electrons. The molecular weight excluding hydrogens is 306 g/mol. The van der Waals surface area contributed by atoms with Gasteiger partial charge in [-0.15, -0.1) is 22.7 Å². The van der Waals surface area contributed by atoms with Crippen LogP contribution in [0.15, 0.2) is 0 Å². The Hall–Kier alpha value is -0.343. The summed E-state index contributed by atoms with van der Waals surface area (Å²) in [7, 11) is -1.84. The minimum atomic E-state index is -1.84. The molecule has 0 bridgehead atoms. The summed E-state index contributed by atoms with van der Waals surface area (Å²) in [6, 6.07) is 0. The molecular formula is C12H14F2O2S2Si. The molecule has 1 aliphatic rings. The molecule has 0 saturated carbocycles. The zero-order chi connectivity index (χ0) is 13.8. The van der Waals surface area contributed by atoms with E-state index in [9.17, 15) is 8.78 Å². The molecule has 1 fully saturated rings. The van der Waals surface area contributed by atoms with Gasteiger partial charge in [-0.25, -0.2) is 4.39 Å². The number of hydrogen-bond donors (Lipinski definition) is 0. The lowest BCUT2D eigenvalue weighted by molar-refractivity contribution is -0.0433. The Balaban J connectivity index is 2.19. The quantitative estimate of drug-likeness (QED) is 0.783. The average Bonchev–Trinajstić information content (AvgIpc) is 2.94. The highest BCUT2D eigenvalue weighted by atomic mass is 32.1. The van der Waals surface area contributed by atoms with Gasteiger partial charge in [0.2, 0.25) is 0 Å². The fraction of sp³-hybridized carbons (Fsp3) is 0.500. The van der Waals surface area contributed by atoms with Crippen molar-refractivity contribution in [1.82, 2.24) is 0 Å². The Morgan fingerprint density at radius 1 is 1.05 bits per heavy atom. The smallest absolute Gasteiger partial charge is 0.196 e. The molecule has 0 unspecified atom stereocenters. The molecule has 0 spiro atoms. The SMILES string of the molecule is C[Si](C)(C)c1c(F)sc2c(F)c(C3OCCO3)sc12. The fourth-order valence-electron chi connectivity index (χ4n) is 2.20. The van der Waals surface area contributed by atoms with E-state index in [1.165, 1.54) is 11.3 Å². The molecule has 0 atom stereocenters. The normalized spacial score (nSPS) is 17.7. The molecule has 1 aliphatic heterocycles. The van der Waals surface area contributed by atoms with Crippen LogP contribution in [0.25, 0.3) is 9.40 Å². The third-order valence-corrected chi connectivity index (χ3v) is 7.67. The topological polar surface area (TPSA) is 18.5 Å². The van der Waals surface area contributed by atoms with Gasteiger partial charge in [0.1, 0.15) is 0 Å². The number of ether oxygens (including phenoxy) is 2. The Bertz CT molecular complexity index is 624. The summed E-state index contributed by atoms with van der Waals surface area (Å²) < 4.78 is 40.3. The summed E-state index contributed by atoms with van der Waals surface area (Å²) in [6.07, 6.45) is -0.623. The van der Waals surface area contributed by atoms with Crippen molar-refractivity contribution in [2.24, 2.45) is 0 Å². The summed E-state index contributed by atoms with van der Waals surface area (Å²) in [5.74, 6) is -0.375. The Labute approximate surface area is 119 Å². The lowest BCUT2D eigenvalue weighted by Gasteiger charge is -2.14. The summed E-state index contributed by atoms with van der Waals surface area (Å²) in [5, 5.41) is 0.486. The lowest BCUT2D eigenvalue weighted by atomic mass is 10.4. The molecule has 0 N–H and O–H groups in total. The lowest BCUT2D eigenvalue weighted by Crippen LogP contribution is -2.38. The first-order chi connectivity index (χ1) is 8.89. The van der Waals surface area contributed by atoms with Crippen molar-refractivity contribution < 1.29 is 18.3 Å². The van der Waals surface area contributed by atoms with Crippen LogP contribution in [0.1, 0.15) is 11.2 Å². The minimum absolute atomic E-state index is 0.237. The van der Waals surface area contributed by atoms with Crippen molar-refractivity contribution in [1.29, 1.82) is 0 Å². The van der Waals surface area contributed by atoms with Crippen LogP contribution in [-0.2, 0) is 9.47 Å². The van der Waals surface area contributed by atoms with E-state index in [2.05, 4.69) is 19.6 Å². The second-order valence-corrected chi connectivity index (χ2v) is 12.5.